The largest absolute Gasteiger partial charge is 0.377 e. The molecule has 0 spiro atoms. The molecule has 1 aliphatic heterocycles. The van der Waals surface area contributed by atoms with Gasteiger partial charge < -0.3 is 15.4 Å². The van der Waals surface area contributed by atoms with Crippen LogP contribution in [-0.2, 0) is 4.74 Å². The Morgan fingerprint density at radius 2 is 2.47 bits per heavy atom. The second-order valence-corrected chi connectivity index (χ2v) is 5.81. The quantitative estimate of drug-likeness (QED) is 0.876. The Morgan fingerprint density at radius 1 is 1.59 bits per heavy atom. The molecule has 1 aromatic rings. The highest BCUT2D eigenvalue weighted by Gasteiger charge is 2.17. The van der Waals surface area contributed by atoms with Gasteiger partial charge in [-0.25, -0.2) is 0 Å². The van der Waals surface area contributed by atoms with Gasteiger partial charge in [-0.3, -0.25) is 0 Å². The zero-order valence-corrected chi connectivity index (χ0v) is 11.3. The first kappa shape index (κ1) is 13.0. The van der Waals surface area contributed by atoms with Gasteiger partial charge in [0.15, 0.2) is 0 Å². The molecular weight excluding hydrogens is 232 g/mol. The predicted molar refractivity (Wildman–Crippen MR) is 72.3 cm³/mol. The first-order valence-corrected chi connectivity index (χ1v) is 7.23. The van der Waals surface area contributed by atoms with Crippen molar-refractivity contribution in [3.63, 3.8) is 0 Å². The summed E-state index contributed by atoms with van der Waals surface area (Å²) in [5.74, 6) is 0. The Balaban J connectivity index is 1.74. The van der Waals surface area contributed by atoms with Crippen LogP contribution in [0.3, 0.4) is 0 Å². The molecule has 0 radical (unpaired) electrons. The molecule has 1 saturated heterocycles. The third-order valence-electron chi connectivity index (χ3n) is 3.21. The van der Waals surface area contributed by atoms with E-state index < -0.39 is 0 Å². The second kappa shape index (κ2) is 6.50. The molecule has 2 rings (SSSR count). The molecule has 3 nitrogen and oxygen atoms in total. The molecule has 4 heteroatoms. The predicted octanol–water partition coefficient (Wildman–Crippen LogP) is 2.25. The Bertz CT molecular complexity index is 309. The van der Waals surface area contributed by atoms with Crippen LogP contribution >= 0.6 is 11.3 Å². The third-order valence-corrected chi connectivity index (χ3v) is 4.21. The molecule has 0 amide bonds. The number of hydrogen-bond donors (Lipinski definition) is 1. The molecule has 96 valence electrons. The van der Waals surface area contributed by atoms with Crippen molar-refractivity contribution in [1.29, 1.82) is 0 Å². The first-order chi connectivity index (χ1) is 8.25. The van der Waals surface area contributed by atoms with Crippen LogP contribution in [0.2, 0.25) is 0 Å². The standard InChI is InChI=1S/C13H22N2OS/c1-15(9-11-5-2-3-7-16-11)10-12(14)13-6-4-8-17-13/h4,6,8,11-12H,2-3,5,7,9-10,14H2,1H3. The van der Waals surface area contributed by atoms with Crippen LogP contribution in [0.5, 0.6) is 0 Å². The van der Waals surface area contributed by atoms with Crippen molar-refractivity contribution in [2.75, 3.05) is 26.7 Å². The fourth-order valence-corrected chi connectivity index (χ4v) is 3.02. The van der Waals surface area contributed by atoms with Crippen molar-refractivity contribution >= 4 is 11.3 Å². The van der Waals surface area contributed by atoms with Crippen LogP contribution in [-0.4, -0.2) is 37.7 Å². The zero-order chi connectivity index (χ0) is 12.1. The van der Waals surface area contributed by atoms with E-state index in [0.717, 1.165) is 19.7 Å². The Kier molecular flexibility index (Phi) is 4.98. The Labute approximate surface area is 108 Å². The molecule has 17 heavy (non-hydrogen) atoms. The van der Waals surface area contributed by atoms with E-state index in [1.807, 2.05) is 0 Å². The van der Waals surface area contributed by atoms with Crippen LogP contribution in [0.15, 0.2) is 17.5 Å². The normalized spacial score (nSPS) is 22.9. The van der Waals surface area contributed by atoms with Gasteiger partial charge >= 0.3 is 0 Å². The second-order valence-electron chi connectivity index (χ2n) is 4.83. The highest BCUT2D eigenvalue weighted by atomic mass is 32.1. The van der Waals surface area contributed by atoms with E-state index in [-0.39, 0.29) is 6.04 Å². The Hall–Kier alpha value is -0.420. The average Bonchev–Trinajstić information content (AvgIpc) is 2.83. The van der Waals surface area contributed by atoms with E-state index in [1.165, 1.54) is 24.1 Å². The lowest BCUT2D eigenvalue weighted by Crippen LogP contribution is -2.37. The lowest BCUT2D eigenvalue weighted by molar-refractivity contribution is -0.00210. The number of nitrogens with two attached hydrogens (primary N) is 1. The summed E-state index contributed by atoms with van der Waals surface area (Å²) in [5, 5.41) is 2.08. The number of rotatable bonds is 5. The van der Waals surface area contributed by atoms with Crippen LogP contribution < -0.4 is 5.73 Å². The molecule has 1 aromatic heterocycles. The van der Waals surface area contributed by atoms with E-state index in [9.17, 15) is 0 Å². The first-order valence-electron chi connectivity index (χ1n) is 6.35. The molecule has 1 fully saturated rings. The van der Waals surface area contributed by atoms with Gasteiger partial charge in [0, 0.05) is 24.6 Å². The highest BCUT2D eigenvalue weighted by Crippen LogP contribution is 2.18. The molecule has 0 saturated carbocycles. The van der Waals surface area contributed by atoms with Gasteiger partial charge in [-0.2, -0.15) is 0 Å². The number of nitrogens with zero attached hydrogens (tertiary/aromatic N) is 1. The minimum absolute atomic E-state index is 0.128. The molecule has 0 bridgehead atoms. The summed E-state index contributed by atoms with van der Waals surface area (Å²) >= 11 is 1.74. The summed E-state index contributed by atoms with van der Waals surface area (Å²) in [5.41, 5.74) is 6.17. The summed E-state index contributed by atoms with van der Waals surface area (Å²) in [6, 6.07) is 4.30. The van der Waals surface area contributed by atoms with Gasteiger partial charge in [-0.1, -0.05) is 6.07 Å². The van der Waals surface area contributed by atoms with Crippen molar-refractivity contribution in [1.82, 2.24) is 4.90 Å². The van der Waals surface area contributed by atoms with Crippen molar-refractivity contribution in [3.05, 3.63) is 22.4 Å². The number of likely N-dealkylation sites (N-methyl/N-ethyl adjacent to an activating group) is 1. The number of thiophene rings is 1. The summed E-state index contributed by atoms with van der Waals surface area (Å²) in [6.07, 6.45) is 4.12. The van der Waals surface area contributed by atoms with E-state index in [2.05, 4.69) is 29.5 Å². The third kappa shape index (κ3) is 4.07. The molecule has 2 N–H and O–H groups in total. The lowest BCUT2D eigenvalue weighted by Gasteiger charge is -2.28. The molecule has 2 atom stereocenters. The number of hydrogen-bond acceptors (Lipinski definition) is 4. The maximum atomic E-state index is 6.17. The zero-order valence-electron chi connectivity index (χ0n) is 10.5. The van der Waals surface area contributed by atoms with Gasteiger partial charge in [-0.15, -0.1) is 11.3 Å². The van der Waals surface area contributed by atoms with Crippen LogP contribution in [0.4, 0.5) is 0 Å². The smallest absolute Gasteiger partial charge is 0.0701 e. The van der Waals surface area contributed by atoms with Gasteiger partial charge in [-0.05, 0) is 37.8 Å². The van der Waals surface area contributed by atoms with E-state index >= 15 is 0 Å². The summed E-state index contributed by atoms with van der Waals surface area (Å²) in [7, 11) is 2.13. The minimum atomic E-state index is 0.128. The summed E-state index contributed by atoms with van der Waals surface area (Å²) in [4.78, 5) is 3.56. The minimum Gasteiger partial charge on any atom is -0.377 e. The van der Waals surface area contributed by atoms with Crippen molar-refractivity contribution < 1.29 is 4.74 Å². The monoisotopic (exact) mass is 254 g/mol. The van der Waals surface area contributed by atoms with Crippen molar-refractivity contribution in [2.45, 2.75) is 31.4 Å². The topological polar surface area (TPSA) is 38.5 Å². The average molecular weight is 254 g/mol. The van der Waals surface area contributed by atoms with Gasteiger partial charge in [0.05, 0.1) is 12.1 Å². The van der Waals surface area contributed by atoms with Crippen LogP contribution in [0, 0.1) is 0 Å². The molecular formula is C13H22N2OS. The summed E-state index contributed by atoms with van der Waals surface area (Å²) in [6.45, 7) is 2.83. The molecule has 0 aromatic carbocycles. The maximum absolute atomic E-state index is 6.17. The Morgan fingerprint density at radius 3 is 3.12 bits per heavy atom. The van der Waals surface area contributed by atoms with Crippen molar-refractivity contribution in [2.24, 2.45) is 5.73 Å². The molecule has 0 aliphatic carbocycles. The summed E-state index contributed by atoms with van der Waals surface area (Å²) < 4.78 is 5.74. The molecule has 2 unspecified atom stereocenters. The van der Waals surface area contributed by atoms with Crippen LogP contribution in [0.25, 0.3) is 0 Å². The van der Waals surface area contributed by atoms with Crippen molar-refractivity contribution in [3.8, 4) is 0 Å². The molecule has 2 heterocycles. The highest BCUT2D eigenvalue weighted by molar-refractivity contribution is 7.10. The van der Waals surface area contributed by atoms with E-state index in [1.54, 1.807) is 11.3 Å². The van der Waals surface area contributed by atoms with E-state index in [4.69, 9.17) is 10.5 Å². The van der Waals surface area contributed by atoms with Gasteiger partial charge in [0.25, 0.3) is 0 Å². The lowest BCUT2D eigenvalue weighted by atomic mass is 10.1. The maximum Gasteiger partial charge on any atom is 0.0701 e. The van der Waals surface area contributed by atoms with E-state index in [0.29, 0.717) is 6.10 Å². The fourth-order valence-electron chi connectivity index (χ4n) is 2.30. The molecule has 1 aliphatic rings. The SMILES string of the molecule is CN(CC1CCCCO1)CC(N)c1cccs1. The van der Waals surface area contributed by atoms with Gasteiger partial charge in [0.1, 0.15) is 0 Å². The van der Waals surface area contributed by atoms with Crippen LogP contribution in [0.1, 0.15) is 30.2 Å². The fraction of sp³-hybridized carbons (Fsp3) is 0.692. The van der Waals surface area contributed by atoms with Gasteiger partial charge in [0.2, 0.25) is 0 Å². The number of ether oxygens (including phenoxy) is 1.